The molecular formula is C13H14ClN3O2. The molecule has 1 aromatic carbocycles. The van der Waals surface area contributed by atoms with Gasteiger partial charge in [-0.3, -0.25) is 0 Å². The SMILES string of the molecule is CC(C)Oc1ncnc(Oc2ccc(Cl)cc2)c1N. The lowest BCUT2D eigenvalue weighted by atomic mass is 10.3. The topological polar surface area (TPSA) is 70.3 Å². The molecule has 6 heteroatoms. The Kier molecular flexibility index (Phi) is 4.06. The van der Waals surface area contributed by atoms with Gasteiger partial charge in [0, 0.05) is 5.02 Å². The summed E-state index contributed by atoms with van der Waals surface area (Å²) >= 11 is 5.80. The zero-order valence-corrected chi connectivity index (χ0v) is 11.4. The summed E-state index contributed by atoms with van der Waals surface area (Å²) in [5.74, 6) is 1.16. The van der Waals surface area contributed by atoms with Gasteiger partial charge in [0.25, 0.3) is 0 Å². The van der Waals surface area contributed by atoms with Gasteiger partial charge < -0.3 is 15.2 Å². The van der Waals surface area contributed by atoms with Crippen LogP contribution in [0, 0.1) is 0 Å². The fourth-order valence-electron chi connectivity index (χ4n) is 1.38. The van der Waals surface area contributed by atoms with E-state index in [9.17, 15) is 0 Å². The molecule has 0 aliphatic heterocycles. The molecule has 2 N–H and O–H groups in total. The molecule has 5 nitrogen and oxygen atoms in total. The predicted molar refractivity (Wildman–Crippen MR) is 73.7 cm³/mol. The first-order valence-corrected chi connectivity index (χ1v) is 6.14. The van der Waals surface area contributed by atoms with Crippen LogP contribution in [0.25, 0.3) is 0 Å². The van der Waals surface area contributed by atoms with Crippen LogP contribution >= 0.6 is 11.6 Å². The molecule has 0 bridgehead atoms. The van der Waals surface area contributed by atoms with Crippen molar-refractivity contribution in [3.8, 4) is 17.5 Å². The summed E-state index contributed by atoms with van der Waals surface area (Å²) in [5.41, 5.74) is 6.18. The van der Waals surface area contributed by atoms with Gasteiger partial charge in [-0.05, 0) is 38.1 Å². The van der Waals surface area contributed by atoms with E-state index in [-0.39, 0.29) is 17.7 Å². The average Bonchev–Trinajstić information content (AvgIpc) is 2.36. The second-order valence-corrected chi connectivity index (χ2v) is 4.56. The summed E-state index contributed by atoms with van der Waals surface area (Å²) in [6.07, 6.45) is 1.32. The molecule has 1 heterocycles. The van der Waals surface area contributed by atoms with Crippen LogP contribution in [0.3, 0.4) is 0 Å². The highest BCUT2D eigenvalue weighted by atomic mass is 35.5. The number of ether oxygens (including phenoxy) is 2. The normalized spacial score (nSPS) is 10.5. The van der Waals surface area contributed by atoms with Gasteiger partial charge in [-0.15, -0.1) is 0 Å². The molecule has 0 radical (unpaired) electrons. The van der Waals surface area contributed by atoms with E-state index in [1.165, 1.54) is 6.33 Å². The molecule has 0 aliphatic rings. The first kappa shape index (κ1) is 13.4. The molecule has 0 unspecified atom stereocenters. The Morgan fingerprint density at radius 1 is 1.11 bits per heavy atom. The number of anilines is 1. The standard InChI is InChI=1S/C13H14ClN3O2/c1-8(2)18-12-11(15)13(17-7-16-12)19-10-5-3-9(14)4-6-10/h3-8H,15H2,1-2H3. The second kappa shape index (κ2) is 5.75. The second-order valence-electron chi connectivity index (χ2n) is 4.12. The number of nitrogen functional groups attached to an aromatic ring is 1. The molecule has 2 aromatic rings. The van der Waals surface area contributed by atoms with Gasteiger partial charge in [-0.2, -0.15) is 9.97 Å². The Morgan fingerprint density at radius 2 is 1.74 bits per heavy atom. The van der Waals surface area contributed by atoms with Crippen LogP contribution in [0.5, 0.6) is 17.5 Å². The van der Waals surface area contributed by atoms with Crippen molar-refractivity contribution < 1.29 is 9.47 Å². The average molecular weight is 280 g/mol. The van der Waals surface area contributed by atoms with E-state index in [1.807, 2.05) is 13.8 Å². The number of hydrogen-bond donors (Lipinski definition) is 1. The van der Waals surface area contributed by atoms with Crippen molar-refractivity contribution in [1.29, 1.82) is 0 Å². The quantitative estimate of drug-likeness (QED) is 0.930. The number of benzene rings is 1. The summed E-state index contributed by atoms with van der Waals surface area (Å²) in [6, 6.07) is 6.90. The van der Waals surface area contributed by atoms with Crippen LogP contribution in [0.4, 0.5) is 5.69 Å². The van der Waals surface area contributed by atoms with Gasteiger partial charge in [0.15, 0.2) is 5.69 Å². The van der Waals surface area contributed by atoms with Gasteiger partial charge in [-0.25, -0.2) is 0 Å². The zero-order valence-electron chi connectivity index (χ0n) is 10.6. The molecule has 0 aliphatic carbocycles. The van der Waals surface area contributed by atoms with Crippen LogP contribution in [-0.2, 0) is 0 Å². The van der Waals surface area contributed by atoms with E-state index in [0.29, 0.717) is 16.7 Å². The van der Waals surface area contributed by atoms with E-state index in [0.717, 1.165) is 0 Å². The molecular weight excluding hydrogens is 266 g/mol. The fourth-order valence-corrected chi connectivity index (χ4v) is 1.50. The highest BCUT2D eigenvalue weighted by molar-refractivity contribution is 6.30. The number of nitrogens with zero attached hydrogens (tertiary/aromatic N) is 2. The van der Waals surface area contributed by atoms with Crippen molar-refractivity contribution >= 4 is 17.3 Å². The molecule has 0 saturated carbocycles. The van der Waals surface area contributed by atoms with Crippen molar-refractivity contribution in [2.24, 2.45) is 0 Å². The third-order valence-electron chi connectivity index (χ3n) is 2.19. The minimum atomic E-state index is -0.0272. The molecule has 0 atom stereocenters. The number of rotatable bonds is 4. The Balaban J connectivity index is 2.23. The number of halogens is 1. The fraction of sp³-hybridized carbons (Fsp3) is 0.231. The lowest BCUT2D eigenvalue weighted by molar-refractivity contribution is 0.233. The molecule has 2 rings (SSSR count). The Labute approximate surface area is 116 Å². The molecule has 19 heavy (non-hydrogen) atoms. The molecule has 0 saturated heterocycles. The third-order valence-corrected chi connectivity index (χ3v) is 2.44. The zero-order chi connectivity index (χ0) is 13.8. The summed E-state index contributed by atoms with van der Waals surface area (Å²) in [7, 11) is 0. The highest BCUT2D eigenvalue weighted by Gasteiger charge is 2.12. The minimum Gasteiger partial charge on any atom is -0.473 e. The van der Waals surface area contributed by atoms with E-state index in [2.05, 4.69) is 9.97 Å². The van der Waals surface area contributed by atoms with Crippen LogP contribution < -0.4 is 15.2 Å². The maximum Gasteiger partial charge on any atom is 0.249 e. The summed E-state index contributed by atoms with van der Waals surface area (Å²) < 4.78 is 11.0. The maximum absolute atomic E-state index is 5.91. The van der Waals surface area contributed by atoms with Crippen molar-refractivity contribution in [3.05, 3.63) is 35.6 Å². The van der Waals surface area contributed by atoms with Crippen molar-refractivity contribution in [3.63, 3.8) is 0 Å². The van der Waals surface area contributed by atoms with E-state index in [1.54, 1.807) is 24.3 Å². The van der Waals surface area contributed by atoms with E-state index >= 15 is 0 Å². The number of hydrogen-bond acceptors (Lipinski definition) is 5. The van der Waals surface area contributed by atoms with Crippen molar-refractivity contribution in [1.82, 2.24) is 9.97 Å². The number of aromatic nitrogens is 2. The largest absolute Gasteiger partial charge is 0.473 e. The molecule has 100 valence electrons. The maximum atomic E-state index is 5.91. The molecule has 1 aromatic heterocycles. The summed E-state index contributed by atoms with van der Waals surface area (Å²) in [6.45, 7) is 3.78. The smallest absolute Gasteiger partial charge is 0.249 e. The van der Waals surface area contributed by atoms with E-state index < -0.39 is 0 Å². The first-order valence-electron chi connectivity index (χ1n) is 5.77. The van der Waals surface area contributed by atoms with Gasteiger partial charge in [0.05, 0.1) is 6.10 Å². The van der Waals surface area contributed by atoms with Gasteiger partial charge in [-0.1, -0.05) is 11.6 Å². The van der Waals surface area contributed by atoms with Gasteiger partial charge >= 0.3 is 0 Å². The first-order chi connectivity index (χ1) is 9.06. The van der Waals surface area contributed by atoms with Crippen LogP contribution in [-0.4, -0.2) is 16.1 Å². The van der Waals surface area contributed by atoms with Crippen LogP contribution in [0.15, 0.2) is 30.6 Å². The minimum absolute atomic E-state index is 0.0272. The lowest BCUT2D eigenvalue weighted by Gasteiger charge is -2.12. The van der Waals surface area contributed by atoms with Crippen LogP contribution in [0.2, 0.25) is 5.02 Å². The summed E-state index contributed by atoms with van der Waals surface area (Å²) in [4.78, 5) is 7.97. The molecule has 0 amide bonds. The van der Waals surface area contributed by atoms with Gasteiger partial charge in [0.2, 0.25) is 11.8 Å². The molecule has 0 fully saturated rings. The Bertz CT molecular complexity index is 558. The molecule has 0 spiro atoms. The van der Waals surface area contributed by atoms with Crippen LogP contribution in [0.1, 0.15) is 13.8 Å². The Hall–Kier alpha value is -2.01. The van der Waals surface area contributed by atoms with Crippen molar-refractivity contribution in [2.75, 3.05) is 5.73 Å². The summed E-state index contributed by atoms with van der Waals surface area (Å²) in [5, 5.41) is 0.631. The lowest BCUT2D eigenvalue weighted by Crippen LogP contribution is -2.10. The van der Waals surface area contributed by atoms with Crippen molar-refractivity contribution in [2.45, 2.75) is 20.0 Å². The van der Waals surface area contributed by atoms with E-state index in [4.69, 9.17) is 26.8 Å². The number of nitrogens with two attached hydrogens (primary N) is 1. The Morgan fingerprint density at radius 3 is 2.37 bits per heavy atom. The highest BCUT2D eigenvalue weighted by Crippen LogP contribution is 2.31. The third kappa shape index (κ3) is 3.48. The monoisotopic (exact) mass is 279 g/mol. The predicted octanol–water partition coefficient (Wildman–Crippen LogP) is 3.29. The van der Waals surface area contributed by atoms with Gasteiger partial charge in [0.1, 0.15) is 12.1 Å².